The molecule has 1 fully saturated rings. The molecule has 1 saturated heterocycles. The Morgan fingerprint density at radius 3 is 2.85 bits per heavy atom. The van der Waals surface area contributed by atoms with Gasteiger partial charge in [0.15, 0.2) is 0 Å². The zero-order valence-electron chi connectivity index (χ0n) is 12.0. The van der Waals surface area contributed by atoms with Crippen LogP contribution in [-0.4, -0.2) is 42.4 Å². The SMILES string of the molecule is COc1ccccc1C=CCNCC1(O)CCSCC1. The highest BCUT2D eigenvalue weighted by molar-refractivity contribution is 7.99. The summed E-state index contributed by atoms with van der Waals surface area (Å²) in [6, 6.07) is 7.94. The van der Waals surface area contributed by atoms with Crippen LogP contribution in [0, 0.1) is 0 Å². The first-order valence-electron chi connectivity index (χ1n) is 7.04. The first-order chi connectivity index (χ1) is 9.73. The highest BCUT2D eigenvalue weighted by Gasteiger charge is 2.28. The summed E-state index contributed by atoms with van der Waals surface area (Å²) in [6.45, 7) is 1.43. The van der Waals surface area contributed by atoms with Crippen LogP contribution in [0.3, 0.4) is 0 Å². The summed E-state index contributed by atoms with van der Waals surface area (Å²) in [5, 5.41) is 13.7. The monoisotopic (exact) mass is 293 g/mol. The molecule has 0 radical (unpaired) electrons. The minimum absolute atomic E-state index is 0.510. The zero-order valence-corrected chi connectivity index (χ0v) is 12.8. The van der Waals surface area contributed by atoms with Crippen LogP contribution in [0.4, 0.5) is 0 Å². The van der Waals surface area contributed by atoms with E-state index in [0.29, 0.717) is 6.54 Å². The summed E-state index contributed by atoms with van der Waals surface area (Å²) in [7, 11) is 1.68. The highest BCUT2D eigenvalue weighted by atomic mass is 32.2. The molecule has 110 valence electrons. The maximum absolute atomic E-state index is 10.3. The van der Waals surface area contributed by atoms with Crippen LogP contribution in [0.5, 0.6) is 5.75 Å². The Morgan fingerprint density at radius 1 is 1.35 bits per heavy atom. The van der Waals surface area contributed by atoms with E-state index in [0.717, 1.165) is 42.2 Å². The van der Waals surface area contributed by atoms with Crippen molar-refractivity contribution in [3.8, 4) is 5.75 Å². The molecule has 1 aliphatic heterocycles. The molecule has 20 heavy (non-hydrogen) atoms. The van der Waals surface area contributed by atoms with Gasteiger partial charge >= 0.3 is 0 Å². The van der Waals surface area contributed by atoms with Crippen LogP contribution in [0.2, 0.25) is 0 Å². The van der Waals surface area contributed by atoms with Crippen LogP contribution in [0.1, 0.15) is 18.4 Å². The molecule has 0 saturated carbocycles. The van der Waals surface area contributed by atoms with Crippen LogP contribution < -0.4 is 10.1 Å². The summed E-state index contributed by atoms with van der Waals surface area (Å²) < 4.78 is 5.30. The van der Waals surface area contributed by atoms with E-state index < -0.39 is 5.60 Å². The molecule has 2 N–H and O–H groups in total. The second kappa shape index (κ2) is 7.72. The minimum Gasteiger partial charge on any atom is -0.496 e. The van der Waals surface area contributed by atoms with E-state index in [9.17, 15) is 5.11 Å². The quantitative estimate of drug-likeness (QED) is 0.791. The largest absolute Gasteiger partial charge is 0.496 e. The number of aliphatic hydroxyl groups is 1. The molecule has 0 aromatic heterocycles. The Labute approximate surface area is 125 Å². The number of benzene rings is 1. The molecule has 0 atom stereocenters. The van der Waals surface area contributed by atoms with E-state index in [1.165, 1.54) is 0 Å². The van der Waals surface area contributed by atoms with E-state index in [1.54, 1.807) is 7.11 Å². The number of methoxy groups -OCH3 is 1. The molecule has 1 aromatic rings. The van der Waals surface area contributed by atoms with Gasteiger partial charge in [0.25, 0.3) is 0 Å². The average molecular weight is 293 g/mol. The van der Waals surface area contributed by atoms with Crippen molar-refractivity contribution in [2.45, 2.75) is 18.4 Å². The van der Waals surface area contributed by atoms with Crippen molar-refractivity contribution >= 4 is 17.8 Å². The lowest BCUT2D eigenvalue weighted by molar-refractivity contribution is 0.0332. The summed E-state index contributed by atoms with van der Waals surface area (Å²) in [5.41, 5.74) is 0.563. The molecule has 0 unspecified atom stereocenters. The second-order valence-electron chi connectivity index (χ2n) is 5.11. The van der Waals surface area contributed by atoms with E-state index in [1.807, 2.05) is 42.1 Å². The van der Waals surface area contributed by atoms with Crippen LogP contribution >= 0.6 is 11.8 Å². The molecule has 3 nitrogen and oxygen atoms in total. The first kappa shape index (κ1) is 15.4. The van der Waals surface area contributed by atoms with Gasteiger partial charge in [0.1, 0.15) is 5.75 Å². The third kappa shape index (κ3) is 4.54. The van der Waals surface area contributed by atoms with Gasteiger partial charge in [-0.15, -0.1) is 0 Å². The van der Waals surface area contributed by atoms with E-state index in [4.69, 9.17) is 4.74 Å². The van der Waals surface area contributed by atoms with Crippen molar-refractivity contribution in [2.24, 2.45) is 0 Å². The van der Waals surface area contributed by atoms with Crippen LogP contribution in [0.25, 0.3) is 6.08 Å². The fourth-order valence-electron chi connectivity index (χ4n) is 2.31. The summed E-state index contributed by atoms with van der Waals surface area (Å²) in [5.74, 6) is 3.01. The molecule has 0 amide bonds. The van der Waals surface area contributed by atoms with Gasteiger partial charge in [0.2, 0.25) is 0 Å². The summed E-state index contributed by atoms with van der Waals surface area (Å²) >= 11 is 1.93. The lowest BCUT2D eigenvalue weighted by Crippen LogP contribution is -2.43. The fraction of sp³-hybridized carbons (Fsp3) is 0.500. The van der Waals surface area contributed by atoms with Gasteiger partial charge in [-0.25, -0.2) is 0 Å². The maximum atomic E-state index is 10.3. The fourth-order valence-corrected chi connectivity index (χ4v) is 3.56. The van der Waals surface area contributed by atoms with Gasteiger partial charge in [-0.1, -0.05) is 30.4 Å². The normalized spacial score (nSPS) is 18.3. The first-order valence-corrected chi connectivity index (χ1v) is 8.19. The summed E-state index contributed by atoms with van der Waals surface area (Å²) in [6.07, 6.45) is 5.90. The topological polar surface area (TPSA) is 41.5 Å². The summed E-state index contributed by atoms with van der Waals surface area (Å²) in [4.78, 5) is 0. The number of thioether (sulfide) groups is 1. The van der Waals surface area contributed by atoms with Crippen molar-refractivity contribution in [1.29, 1.82) is 0 Å². The Morgan fingerprint density at radius 2 is 2.10 bits per heavy atom. The molecule has 1 aromatic carbocycles. The Kier molecular flexibility index (Phi) is 5.95. The third-order valence-corrected chi connectivity index (χ3v) is 4.56. The van der Waals surface area contributed by atoms with E-state index in [-0.39, 0.29) is 0 Å². The van der Waals surface area contributed by atoms with Gasteiger partial charge in [-0.3, -0.25) is 0 Å². The predicted octanol–water partition coefficient (Wildman–Crippen LogP) is 2.56. The van der Waals surface area contributed by atoms with Crippen LogP contribution in [-0.2, 0) is 0 Å². The van der Waals surface area contributed by atoms with Crippen molar-refractivity contribution in [1.82, 2.24) is 5.32 Å². The highest BCUT2D eigenvalue weighted by Crippen LogP contribution is 2.26. The molecular weight excluding hydrogens is 270 g/mol. The zero-order chi connectivity index (χ0) is 14.3. The maximum Gasteiger partial charge on any atom is 0.126 e. The number of hydrogen-bond acceptors (Lipinski definition) is 4. The minimum atomic E-state index is -0.510. The molecule has 1 heterocycles. The number of hydrogen-bond donors (Lipinski definition) is 2. The standard InChI is InChI=1S/C16H23NO2S/c1-19-15-7-3-2-5-14(15)6-4-10-17-13-16(18)8-11-20-12-9-16/h2-7,17-18H,8-13H2,1H3. The molecule has 2 rings (SSSR count). The molecule has 0 spiro atoms. The lowest BCUT2D eigenvalue weighted by Gasteiger charge is -2.31. The predicted molar refractivity (Wildman–Crippen MR) is 86.4 cm³/mol. The van der Waals surface area contributed by atoms with Crippen molar-refractivity contribution in [3.63, 3.8) is 0 Å². The van der Waals surface area contributed by atoms with Crippen molar-refractivity contribution < 1.29 is 9.84 Å². The van der Waals surface area contributed by atoms with Crippen molar-refractivity contribution in [3.05, 3.63) is 35.9 Å². The smallest absolute Gasteiger partial charge is 0.126 e. The van der Waals surface area contributed by atoms with E-state index >= 15 is 0 Å². The van der Waals surface area contributed by atoms with Gasteiger partial charge in [0.05, 0.1) is 12.7 Å². The molecule has 4 heteroatoms. The molecular formula is C16H23NO2S. The number of ether oxygens (including phenoxy) is 1. The average Bonchev–Trinajstić information content (AvgIpc) is 2.48. The lowest BCUT2D eigenvalue weighted by atomic mass is 9.97. The number of nitrogens with one attached hydrogen (secondary N) is 1. The van der Waals surface area contributed by atoms with Gasteiger partial charge < -0.3 is 15.2 Å². The molecule has 0 bridgehead atoms. The number of para-hydroxylation sites is 1. The Balaban J connectivity index is 1.76. The van der Waals surface area contributed by atoms with Crippen molar-refractivity contribution in [2.75, 3.05) is 31.7 Å². The second-order valence-corrected chi connectivity index (χ2v) is 6.34. The van der Waals surface area contributed by atoms with Crippen LogP contribution in [0.15, 0.2) is 30.3 Å². The Bertz CT molecular complexity index is 442. The molecule has 0 aliphatic carbocycles. The number of rotatable bonds is 6. The molecule has 1 aliphatic rings. The van der Waals surface area contributed by atoms with E-state index in [2.05, 4.69) is 11.4 Å². The van der Waals surface area contributed by atoms with Gasteiger partial charge in [0, 0.05) is 18.7 Å². The van der Waals surface area contributed by atoms with Gasteiger partial charge in [-0.05, 0) is 30.4 Å². The van der Waals surface area contributed by atoms with Gasteiger partial charge in [-0.2, -0.15) is 11.8 Å². The Hall–Kier alpha value is -0.970. The third-order valence-electron chi connectivity index (χ3n) is 3.58.